The Balaban J connectivity index is 1.49. The summed E-state index contributed by atoms with van der Waals surface area (Å²) >= 11 is 3.32. The third kappa shape index (κ3) is 4.80. The number of rotatable bonds is 6. The monoisotopic (exact) mass is 447 g/mol. The standard InChI is InChI=1S/C19H18BrN3O5/c1-12(27-14-6-4-5-13(20)11-14)18(25)22-21-17(24)9-10-23-15-7-2-3-8-16(15)28-19(23)26/h2-8,11-12H,9-10H2,1H3,(H,21,24)(H,22,25). The maximum absolute atomic E-state index is 12.1. The third-order valence-corrected chi connectivity index (χ3v) is 4.43. The van der Waals surface area contributed by atoms with Gasteiger partial charge in [0.1, 0.15) is 5.75 Å². The highest BCUT2D eigenvalue weighted by Crippen LogP contribution is 2.18. The van der Waals surface area contributed by atoms with Crippen LogP contribution in [0, 0.1) is 0 Å². The molecule has 1 heterocycles. The average molecular weight is 448 g/mol. The number of nitrogens with one attached hydrogen (secondary N) is 2. The van der Waals surface area contributed by atoms with Crippen molar-refractivity contribution in [2.45, 2.75) is 26.0 Å². The smallest absolute Gasteiger partial charge is 0.419 e. The molecule has 0 saturated heterocycles. The molecule has 2 amide bonds. The van der Waals surface area contributed by atoms with E-state index in [9.17, 15) is 14.4 Å². The van der Waals surface area contributed by atoms with E-state index in [1.807, 2.05) is 6.07 Å². The highest BCUT2D eigenvalue weighted by Gasteiger charge is 2.16. The Labute approximate surface area is 168 Å². The Morgan fingerprint density at radius 2 is 1.96 bits per heavy atom. The van der Waals surface area contributed by atoms with Gasteiger partial charge in [0.25, 0.3) is 5.91 Å². The molecule has 0 fully saturated rings. The molecule has 2 aromatic carbocycles. The zero-order valence-electron chi connectivity index (χ0n) is 15.0. The second-order valence-corrected chi connectivity index (χ2v) is 6.91. The molecule has 0 aliphatic heterocycles. The summed E-state index contributed by atoms with van der Waals surface area (Å²) in [5, 5.41) is 0. The van der Waals surface area contributed by atoms with E-state index in [0.717, 1.165) is 4.47 Å². The van der Waals surface area contributed by atoms with Crippen LogP contribution in [0.15, 0.2) is 62.2 Å². The van der Waals surface area contributed by atoms with E-state index in [0.29, 0.717) is 16.8 Å². The Morgan fingerprint density at radius 1 is 1.18 bits per heavy atom. The van der Waals surface area contributed by atoms with Crippen molar-refractivity contribution in [3.63, 3.8) is 0 Å². The minimum absolute atomic E-state index is 0.00934. The lowest BCUT2D eigenvalue weighted by Crippen LogP contribution is -2.47. The molecule has 8 nitrogen and oxygen atoms in total. The van der Waals surface area contributed by atoms with Gasteiger partial charge in [0.2, 0.25) is 5.91 Å². The van der Waals surface area contributed by atoms with Crippen LogP contribution in [0.25, 0.3) is 11.1 Å². The predicted octanol–water partition coefficient (Wildman–Crippen LogP) is 2.36. The number of amides is 2. The average Bonchev–Trinajstić information content (AvgIpc) is 2.99. The van der Waals surface area contributed by atoms with Gasteiger partial charge in [-0.15, -0.1) is 0 Å². The quantitative estimate of drug-likeness (QED) is 0.564. The lowest BCUT2D eigenvalue weighted by molar-refractivity contribution is -0.132. The second kappa shape index (κ2) is 8.75. The topological polar surface area (TPSA) is 103 Å². The zero-order valence-corrected chi connectivity index (χ0v) is 16.6. The molecule has 0 saturated carbocycles. The van der Waals surface area contributed by atoms with Crippen LogP contribution < -0.4 is 21.3 Å². The largest absolute Gasteiger partial charge is 0.481 e. The summed E-state index contributed by atoms with van der Waals surface area (Å²) in [7, 11) is 0. The van der Waals surface area contributed by atoms with Crippen molar-refractivity contribution in [3.05, 3.63) is 63.6 Å². The lowest BCUT2D eigenvalue weighted by atomic mass is 10.3. The van der Waals surface area contributed by atoms with Crippen LogP contribution in [0.2, 0.25) is 0 Å². The van der Waals surface area contributed by atoms with E-state index >= 15 is 0 Å². The number of carbonyl (C=O) groups is 2. The first-order valence-electron chi connectivity index (χ1n) is 8.53. The molecule has 28 heavy (non-hydrogen) atoms. The number of aromatic nitrogens is 1. The number of hydrogen-bond donors (Lipinski definition) is 2. The predicted molar refractivity (Wildman–Crippen MR) is 106 cm³/mol. The van der Waals surface area contributed by atoms with E-state index < -0.39 is 23.7 Å². The van der Waals surface area contributed by atoms with E-state index in [-0.39, 0.29) is 13.0 Å². The highest BCUT2D eigenvalue weighted by atomic mass is 79.9. The van der Waals surface area contributed by atoms with E-state index in [1.54, 1.807) is 49.4 Å². The van der Waals surface area contributed by atoms with Crippen LogP contribution in [-0.2, 0) is 16.1 Å². The minimum atomic E-state index is -0.810. The van der Waals surface area contributed by atoms with Crippen molar-refractivity contribution >= 4 is 38.8 Å². The molecule has 1 aromatic heterocycles. The number of nitrogens with zero attached hydrogens (tertiary/aromatic N) is 1. The lowest BCUT2D eigenvalue weighted by Gasteiger charge is -2.15. The number of halogens is 1. The first-order chi connectivity index (χ1) is 13.4. The van der Waals surface area contributed by atoms with Gasteiger partial charge in [-0.1, -0.05) is 34.1 Å². The number of para-hydroxylation sites is 2. The van der Waals surface area contributed by atoms with Crippen LogP contribution in [0.5, 0.6) is 5.75 Å². The van der Waals surface area contributed by atoms with Crippen LogP contribution >= 0.6 is 15.9 Å². The third-order valence-electron chi connectivity index (χ3n) is 3.94. The summed E-state index contributed by atoms with van der Waals surface area (Å²) in [5.74, 6) is -0.955. The minimum Gasteiger partial charge on any atom is -0.481 e. The molecule has 1 atom stereocenters. The Kier molecular flexibility index (Phi) is 6.15. The van der Waals surface area contributed by atoms with Crippen LogP contribution in [0.3, 0.4) is 0 Å². The molecule has 3 rings (SSSR count). The Hall–Kier alpha value is -3.07. The number of benzene rings is 2. The van der Waals surface area contributed by atoms with Gasteiger partial charge in [0.05, 0.1) is 5.52 Å². The van der Waals surface area contributed by atoms with Gasteiger partial charge in [-0.05, 0) is 37.3 Å². The molecule has 146 valence electrons. The maximum atomic E-state index is 12.1. The SMILES string of the molecule is CC(Oc1cccc(Br)c1)C(=O)NNC(=O)CCn1c(=O)oc2ccccc21. The Bertz CT molecular complexity index is 1060. The molecule has 0 radical (unpaired) electrons. The van der Waals surface area contributed by atoms with Gasteiger partial charge in [0, 0.05) is 17.4 Å². The van der Waals surface area contributed by atoms with Crippen molar-refractivity contribution in [2.24, 2.45) is 0 Å². The normalized spacial score (nSPS) is 11.8. The number of hydrogen-bond acceptors (Lipinski definition) is 5. The maximum Gasteiger partial charge on any atom is 0.419 e. The van der Waals surface area contributed by atoms with E-state index in [4.69, 9.17) is 9.15 Å². The molecule has 3 aromatic rings. The van der Waals surface area contributed by atoms with Crippen molar-refractivity contribution in [3.8, 4) is 5.75 Å². The summed E-state index contributed by atoms with van der Waals surface area (Å²) in [5.41, 5.74) is 5.70. The fraction of sp³-hybridized carbons (Fsp3) is 0.211. The highest BCUT2D eigenvalue weighted by molar-refractivity contribution is 9.10. The summed E-state index contributed by atoms with van der Waals surface area (Å²) < 4.78 is 12.8. The van der Waals surface area contributed by atoms with Crippen LogP contribution in [0.1, 0.15) is 13.3 Å². The van der Waals surface area contributed by atoms with Crippen LogP contribution in [-0.4, -0.2) is 22.5 Å². The molecule has 9 heteroatoms. The molecule has 1 unspecified atom stereocenters. The first-order valence-corrected chi connectivity index (χ1v) is 9.32. The van der Waals surface area contributed by atoms with Crippen LogP contribution in [0.4, 0.5) is 0 Å². The molecule has 0 bridgehead atoms. The molecule has 0 aliphatic rings. The number of carbonyl (C=O) groups excluding carboxylic acids is 2. The van der Waals surface area contributed by atoms with Crippen molar-refractivity contribution in [2.75, 3.05) is 0 Å². The summed E-state index contributed by atoms with van der Waals surface area (Å²) in [6, 6.07) is 14.0. The van der Waals surface area contributed by atoms with Crippen molar-refractivity contribution in [1.82, 2.24) is 15.4 Å². The van der Waals surface area contributed by atoms with Gasteiger partial charge >= 0.3 is 5.76 Å². The molecule has 2 N–H and O–H groups in total. The van der Waals surface area contributed by atoms with Gasteiger partial charge < -0.3 is 9.15 Å². The number of fused-ring (bicyclic) bond motifs is 1. The Morgan fingerprint density at radius 3 is 2.75 bits per heavy atom. The second-order valence-electron chi connectivity index (χ2n) is 5.99. The number of ether oxygens (including phenoxy) is 1. The summed E-state index contributed by atoms with van der Waals surface area (Å²) in [6.07, 6.45) is -0.819. The number of hydrazine groups is 1. The molecular weight excluding hydrogens is 430 g/mol. The van der Waals surface area contributed by atoms with Gasteiger partial charge in [-0.25, -0.2) is 4.79 Å². The molecular formula is C19H18BrN3O5. The van der Waals surface area contributed by atoms with E-state index in [2.05, 4.69) is 26.8 Å². The van der Waals surface area contributed by atoms with Gasteiger partial charge in [-0.2, -0.15) is 0 Å². The fourth-order valence-corrected chi connectivity index (χ4v) is 2.91. The first kappa shape index (κ1) is 19.7. The van der Waals surface area contributed by atoms with Crippen molar-refractivity contribution in [1.29, 1.82) is 0 Å². The number of aryl methyl sites for hydroxylation is 1. The fourth-order valence-electron chi connectivity index (χ4n) is 2.53. The number of oxazole rings is 1. The van der Waals surface area contributed by atoms with E-state index in [1.165, 1.54) is 4.57 Å². The summed E-state index contributed by atoms with van der Waals surface area (Å²) in [6.45, 7) is 1.70. The zero-order chi connectivity index (χ0) is 20.1. The summed E-state index contributed by atoms with van der Waals surface area (Å²) in [4.78, 5) is 35.9. The van der Waals surface area contributed by atoms with Crippen molar-refractivity contribution < 1.29 is 18.7 Å². The van der Waals surface area contributed by atoms with Gasteiger partial charge in [-0.3, -0.25) is 25.0 Å². The van der Waals surface area contributed by atoms with Gasteiger partial charge in [0.15, 0.2) is 11.7 Å². The molecule has 0 aliphatic carbocycles. The molecule has 0 spiro atoms.